The van der Waals surface area contributed by atoms with Crippen LogP contribution >= 0.6 is 0 Å². The van der Waals surface area contributed by atoms with Gasteiger partial charge in [-0.1, -0.05) is 13.8 Å². The molecule has 1 N–H and O–H groups in total. The second-order valence-electron chi connectivity index (χ2n) is 4.88. The molecule has 0 saturated carbocycles. The van der Waals surface area contributed by atoms with Crippen LogP contribution in [0.5, 0.6) is 0 Å². The number of rotatable bonds is 3. The molecule has 17 heavy (non-hydrogen) atoms. The van der Waals surface area contributed by atoms with Crippen molar-refractivity contribution >= 4 is 12.0 Å². The Balaban J connectivity index is 2.69. The van der Waals surface area contributed by atoms with Gasteiger partial charge in [-0.25, -0.2) is 4.79 Å². The van der Waals surface area contributed by atoms with Crippen LogP contribution in [0.4, 0.5) is 4.79 Å². The summed E-state index contributed by atoms with van der Waals surface area (Å²) in [5.41, 5.74) is 0. The van der Waals surface area contributed by atoms with E-state index < -0.39 is 12.1 Å². The van der Waals surface area contributed by atoms with E-state index in [4.69, 9.17) is 0 Å². The molecule has 0 aliphatic carbocycles. The van der Waals surface area contributed by atoms with Crippen molar-refractivity contribution in [2.45, 2.75) is 45.7 Å². The Kier molecular flexibility index (Phi) is 4.78. The quantitative estimate of drug-likeness (QED) is 0.813. The van der Waals surface area contributed by atoms with Crippen LogP contribution in [0.3, 0.4) is 0 Å². The van der Waals surface area contributed by atoms with Crippen LogP contribution in [0.25, 0.3) is 0 Å². The van der Waals surface area contributed by atoms with Crippen molar-refractivity contribution in [1.29, 1.82) is 0 Å². The minimum absolute atomic E-state index is 0.00426. The van der Waals surface area contributed by atoms with E-state index in [0.29, 0.717) is 0 Å². The van der Waals surface area contributed by atoms with Crippen molar-refractivity contribution in [1.82, 2.24) is 10.2 Å². The number of alkyl carbamates (subject to hydrolysis) is 1. The molecule has 1 saturated heterocycles. The Hall–Kier alpha value is -1.26. The van der Waals surface area contributed by atoms with Crippen molar-refractivity contribution < 1.29 is 14.3 Å². The molecule has 0 radical (unpaired) electrons. The number of carbonyl (C=O) groups is 2. The number of amides is 2. The van der Waals surface area contributed by atoms with E-state index >= 15 is 0 Å². The molecule has 1 aliphatic rings. The number of nitrogens with zero attached hydrogens (tertiary/aromatic N) is 1. The molecular weight excluding hydrogens is 220 g/mol. The maximum absolute atomic E-state index is 12.3. The number of nitrogens with one attached hydrogen (secondary N) is 1. The summed E-state index contributed by atoms with van der Waals surface area (Å²) in [6.07, 6.45) is 1.52. The molecule has 5 heteroatoms. The predicted molar refractivity (Wildman–Crippen MR) is 64.6 cm³/mol. The van der Waals surface area contributed by atoms with Gasteiger partial charge in [-0.15, -0.1) is 0 Å². The van der Waals surface area contributed by atoms with E-state index in [0.717, 1.165) is 19.4 Å². The average Bonchev–Trinajstić information content (AvgIpc) is 2.70. The molecule has 2 amide bonds. The Morgan fingerprint density at radius 3 is 2.47 bits per heavy atom. The van der Waals surface area contributed by atoms with E-state index in [2.05, 4.69) is 10.1 Å². The van der Waals surface area contributed by atoms with Crippen molar-refractivity contribution in [3.8, 4) is 0 Å². The maximum Gasteiger partial charge on any atom is 0.407 e. The molecule has 1 aliphatic heterocycles. The monoisotopic (exact) mass is 242 g/mol. The highest BCUT2D eigenvalue weighted by atomic mass is 16.5. The first kappa shape index (κ1) is 13.8. The van der Waals surface area contributed by atoms with E-state index in [1.54, 1.807) is 0 Å². The van der Waals surface area contributed by atoms with Crippen molar-refractivity contribution in [2.75, 3.05) is 13.7 Å². The van der Waals surface area contributed by atoms with Crippen LogP contribution in [0.2, 0.25) is 0 Å². The number of carbonyl (C=O) groups excluding carboxylic acids is 2. The average molecular weight is 242 g/mol. The summed E-state index contributed by atoms with van der Waals surface area (Å²) < 4.78 is 4.55. The Morgan fingerprint density at radius 2 is 2.06 bits per heavy atom. The Morgan fingerprint density at radius 1 is 1.41 bits per heavy atom. The van der Waals surface area contributed by atoms with E-state index in [-0.39, 0.29) is 17.9 Å². The minimum atomic E-state index is -0.552. The van der Waals surface area contributed by atoms with Gasteiger partial charge in [0.15, 0.2) is 0 Å². The lowest BCUT2D eigenvalue weighted by molar-refractivity contribution is -0.134. The van der Waals surface area contributed by atoms with Crippen LogP contribution in [-0.4, -0.2) is 42.6 Å². The molecule has 1 heterocycles. The zero-order valence-corrected chi connectivity index (χ0v) is 11.0. The predicted octanol–water partition coefficient (Wildman–Crippen LogP) is 1.38. The number of hydrogen-bond acceptors (Lipinski definition) is 3. The molecule has 1 rings (SSSR count). The van der Waals surface area contributed by atoms with Crippen LogP contribution in [0.1, 0.15) is 33.6 Å². The normalized spacial score (nSPS) is 21.5. The molecular formula is C12H22N2O3. The molecule has 0 spiro atoms. The minimum Gasteiger partial charge on any atom is -0.453 e. The molecule has 0 aromatic rings. The first-order chi connectivity index (χ1) is 7.97. The van der Waals surface area contributed by atoms with Crippen LogP contribution in [0.15, 0.2) is 0 Å². The molecule has 2 atom stereocenters. The lowest BCUT2D eigenvalue weighted by Gasteiger charge is -2.29. The van der Waals surface area contributed by atoms with Gasteiger partial charge in [0.05, 0.1) is 7.11 Å². The van der Waals surface area contributed by atoms with Crippen molar-refractivity contribution in [3.63, 3.8) is 0 Å². The molecule has 1 fully saturated rings. The second-order valence-corrected chi connectivity index (χ2v) is 4.88. The lowest BCUT2D eigenvalue weighted by Crippen LogP contribution is -2.52. The van der Waals surface area contributed by atoms with Crippen LogP contribution in [0, 0.1) is 5.92 Å². The van der Waals surface area contributed by atoms with E-state index in [1.165, 1.54) is 7.11 Å². The van der Waals surface area contributed by atoms with Gasteiger partial charge in [0.25, 0.3) is 0 Å². The number of likely N-dealkylation sites (tertiary alicyclic amines) is 1. The molecule has 0 bridgehead atoms. The zero-order valence-electron chi connectivity index (χ0n) is 11.0. The largest absolute Gasteiger partial charge is 0.453 e. The summed E-state index contributed by atoms with van der Waals surface area (Å²) in [6.45, 7) is 6.66. The summed E-state index contributed by atoms with van der Waals surface area (Å²) >= 11 is 0. The van der Waals surface area contributed by atoms with E-state index in [9.17, 15) is 9.59 Å². The topological polar surface area (TPSA) is 58.6 Å². The molecule has 0 aromatic heterocycles. The summed E-state index contributed by atoms with van der Waals surface area (Å²) in [7, 11) is 1.30. The smallest absolute Gasteiger partial charge is 0.407 e. The van der Waals surface area contributed by atoms with Gasteiger partial charge in [0.1, 0.15) is 6.04 Å². The summed E-state index contributed by atoms with van der Waals surface area (Å²) in [5, 5.41) is 2.61. The zero-order chi connectivity index (χ0) is 13.0. The van der Waals surface area contributed by atoms with Gasteiger partial charge in [0.2, 0.25) is 5.91 Å². The Labute approximate surface area is 102 Å². The second kappa shape index (κ2) is 5.89. The molecule has 0 unspecified atom stereocenters. The fraction of sp³-hybridized carbons (Fsp3) is 0.833. The van der Waals surface area contributed by atoms with Crippen molar-refractivity contribution in [2.24, 2.45) is 5.92 Å². The lowest BCUT2D eigenvalue weighted by atomic mass is 10.0. The van der Waals surface area contributed by atoms with Crippen LogP contribution < -0.4 is 5.32 Å². The maximum atomic E-state index is 12.3. The van der Waals surface area contributed by atoms with Crippen molar-refractivity contribution in [3.05, 3.63) is 0 Å². The van der Waals surface area contributed by atoms with Gasteiger partial charge < -0.3 is 15.0 Å². The summed E-state index contributed by atoms with van der Waals surface area (Å²) in [4.78, 5) is 25.4. The number of hydrogen-bond donors (Lipinski definition) is 1. The SMILES string of the molecule is COC(=O)N[C@H](C(=O)N1CCC[C@@H]1C)C(C)C. The van der Waals surface area contributed by atoms with Gasteiger partial charge >= 0.3 is 6.09 Å². The molecule has 0 aromatic carbocycles. The summed E-state index contributed by atoms with van der Waals surface area (Å²) in [6, 6.07) is -0.230. The molecule has 98 valence electrons. The Bertz CT molecular complexity index is 291. The first-order valence-electron chi connectivity index (χ1n) is 6.12. The van der Waals surface area contributed by atoms with E-state index in [1.807, 2.05) is 25.7 Å². The number of methoxy groups -OCH3 is 1. The fourth-order valence-electron chi connectivity index (χ4n) is 2.14. The summed E-state index contributed by atoms with van der Waals surface area (Å²) in [5.74, 6) is 0.0461. The third-order valence-electron chi connectivity index (χ3n) is 3.23. The van der Waals surface area contributed by atoms with Crippen LogP contribution in [-0.2, 0) is 9.53 Å². The highest BCUT2D eigenvalue weighted by Gasteiger charge is 2.33. The highest BCUT2D eigenvalue weighted by Crippen LogP contribution is 2.19. The first-order valence-corrected chi connectivity index (χ1v) is 6.12. The fourth-order valence-corrected chi connectivity index (χ4v) is 2.14. The third kappa shape index (κ3) is 3.35. The third-order valence-corrected chi connectivity index (χ3v) is 3.23. The molecule has 5 nitrogen and oxygen atoms in total. The van der Waals surface area contributed by atoms with Gasteiger partial charge in [0, 0.05) is 12.6 Å². The van der Waals surface area contributed by atoms with Gasteiger partial charge in [-0.05, 0) is 25.7 Å². The highest BCUT2D eigenvalue weighted by molar-refractivity contribution is 5.86. The standard InChI is InChI=1S/C12H22N2O3/c1-8(2)10(13-12(16)17-4)11(15)14-7-5-6-9(14)3/h8-10H,5-7H2,1-4H3,(H,13,16)/t9-,10-/m0/s1. The van der Waals surface area contributed by atoms with Gasteiger partial charge in [-0.3, -0.25) is 4.79 Å². The van der Waals surface area contributed by atoms with Gasteiger partial charge in [-0.2, -0.15) is 0 Å². The number of ether oxygens (including phenoxy) is 1.